The maximum absolute atomic E-state index is 12.4. The van der Waals surface area contributed by atoms with Crippen LogP contribution in [-0.4, -0.2) is 32.5 Å². The van der Waals surface area contributed by atoms with Crippen LogP contribution >= 0.6 is 11.6 Å². The first kappa shape index (κ1) is 18.1. The lowest BCUT2D eigenvalue weighted by atomic mass is 10.0. The van der Waals surface area contributed by atoms with Crippen molar-refractivity contribution in [2.45, 2.75) is 12.5 Å². The second-order valence-electron chi connectivity index (χ2n) is 6.19. The number of amides is 2. The highest BCUT2D eigenvalue weighted by atomic mass is 35.5. The summed E-state index contributed by atoms with van der Waals surface area (Å²) >= 11 is 6.19. The quantitative estimate of drug-likeness (QED) is 0.811. The van der Waals surface area contributed by atoms with Gasteiger partial charge in [0.2, 0.25) is 0 Å². The van der Waals surface area contributed by atoms with Crippen molar-refractivity contribution in [1.82, 2.24) is 5.32 Å². The summed E-state index contributed by atoms with van der Waals surface area (Å²) in [4.78, 5) is 26.5. The summed E-state index contributed by atoms with van der Waals surface area (Å²) in [6.45, 7) is 0.489. The van der Waals surface area contributed by atoms with E-state index in [1.165, 1.54) is 0 Å². The lowest BCUT2D eigenvalue weighted by Crippen LogP contribution is -2.39. The van der Waals surface area contributed by atoms with Crippen molar-refractivity contribution >= 4 is 34.8 Å². The first-order chi connectivity index (χ1) is 12.5. The van der Waals surface area contributed by atoms with Gasteiger partial charge in [-0.1, -0.05) is 35.9 Å². The van der Waals surface area contributed by atoms with Crippen molar-refractivity contribution in [2.75, 3.05) is 30.9 Å². The van der Waals surface area contributed by atoms with E-state index in [0.717, 1.165) is 11.3 Å². The molecule has 6 nitrogen and oxygen atoms in total. The second kappa shape index (κ2) is 7.66. The minimum Gasteiger partial charge on any atom is -0.493 e. The van der Waals surface area contributed by atoms with Gasteiger partial charge >= 0.3 is 11.8 Å². The van der Waals surface area contributed by atoms with E-state index in [1.807, 2.05) is 38.4 Å². The number of ether oxygens (including phenoxy) is 1. The van der Waals surface area contributed by atoms with Crippen LogP contribution in [0.25, 0.3) is 0 Å². The number of carbonyl (C=O) groups excluding carboxylic acids is 2. The summed E-state index contributed by atoms with van der Waals surface area (Å²) in [5.41, 5.74) is 2.00. The number of rotatable bonds is 3. The molecule has 26 heavy (non-hydrogen) atoms. The molecule has 7 heteroatoms. The van der Waals surface area contributed by atoms with Crippen LogP contribution in [0.4, 0.5) is 11.4 Å². The molecular formula is C19H20ClN3O3. The Bertz CT molecular complexity index is 839. The van der Waals surface area contributed by atoms with Crippen LogP contribution in [0.1, 0.15) is 18.0 Å². The summed E-state index contributed by atoms with van der Waals surface area (Å²) in [6.07, 6.45) is 0.607. The lowest BCUT2D eigenvalue weighted by molar-refractivity contribution is -0.136. The number of nitrogens with zero attached hydrogens (tertiary/aromatic N) is 1. The Balaban J connectivity index is 1.72. The van der Waals surface area contributed by atoms with Crippen LogP contribution in [0.5, 0.6) is 5.75 Å². The van der Waals surface area contributed by atoms with Gasteiger partial charge in [0.25, 0.3) is 0 Å². The van der Waals surface area contributed by atoms with E-state index in [1.54, 1.807) is 23.1 Å². The van der Waals surface area contributed by atoms with Crippen LogP contribution in [0.15, 0.2) is 42.5 Å². The predicted octanol–water partition coefficient (Wildman–Crippen LogP) is 2.98. The van der Waals surface area contributed by atoms with Gasteiger partial charge in [0, 0.05) is 26.1 Å². The van der Waals surface area contributed by atoms with Gasteiger partial charge in [0.1, 0.15) is 5.75 Å². The third-order valence-electron chi connectivity index (χ3n) is 4.15. The minimum absolute atomic E-state index is 0.258. The van der Waals surface area contributed by atoms with Crippen LogP contribution in [-0.2, 0) is 9.59 Å². The number of halogens is 1. The Morgan fingerprint density at radius 3 is 2.65 bits per heavy atom. The van der Waals surface area contributed by atoms with Crippen molar-refractivity contribution in [2.24, 2.45) is 0 Å². The SMILES string of the molecule is CN(C)c1c(Cl)cccc1NC(=O)C(=O)NC1CCOc2ccccc21. The Morgan fingerprint density at radius 1 is 1.12 bits per heavy atom. The third-order valence-corrected chi connectivity index (χ3v) is 4.46. The summed E-state index contributed by atoms with van der Waals surface area (Å²) in [5.74, 6) is -0.704. The molecule has 1 aliphatic heterocycles. The van der Waals surface area contributed by atoms with E-state index in [-0.39, 0.29) is 6.04 Å². The maximum Gasteiger partial charge on any atom is 0.313 e. The number of anilines is 2. The van der Waals surface area contributed by atoms with E-state index in [2.05, 4.69) is 10.6 Å². The fraction of sp³-hybridized carbons (Fsp3) is 0.263. The topological polar surface area (TPSA) is 70.7 Å². The van der Waals surface area contributed by atoms with Crippen molar-refractivity contribution in [3.8, 4) is 5.75 Å². The summed E-state index contributed by atoms with van der Waals surface area (Å²) in [5, 5.41) is 5.91. The largest absolute Gasteiger partial charge is 0.493 e. The fourth-order valence-electron chi connectivity index (χ4n) is 2.97. The standard InChI is InChI=1S/C19H20ClN3O3/c1-23(2)17-13(20)7-5-8-15(17)22-19(25)18(24)21-14-10-11-26-16-9-4-3-6-12(14)16/h3-9,14H,10-11H2,1-2H3,(H,21,24)(H,22,25). The molecule has 1 aliphatic rings. The molecule has 3 rings (SSSR count). The molecule has 136 valence electrons. The Kier molecular flexibility index (Phi) is 5.32. The summed E-state index contributed by atoms with van der Waals surface area (Å²) < 4.78 is 5.57. The smallest absolute Gasteiger partial charge is 0.313 e. The zero-order chi connectivity index (χ0) is 18.7. The summed E-state index contributed by atoms with van der Waals surface area (Å²) in [7, 11) is 3.63. The van der Waals surface area contributed by atoms with E-state index in [9.17, 15) is 9.59 Å². The van der Waals surface area contributed by atoms with Crippen LogP contribution in [0, 0.1) is 0 Å². The molecule has 2 amide bonds. The predicted molar refractivity (Wildman–Crippen MR) is 102 cm³/mol. The molecule has 2 aromatic carbocycles. The van der Waals surface area contributed by atoms with E-state index in [0.29, 0.717) is 29.4 Å². The number of fused-ring (bicyclic) bond motifs is 1. The fourth-order valence-corrected chi connectivity index (χ4v) is 3.31. The van der Waals surface area contributed by atoms with Gasteiger partial charge in [-0.25, -0.2) is 0 Å². The van der Waals surface area contributed by atoms with Crippen LogP contribution in [0.3, 0.4) is 0 Å². The molecule has 1 heterocycles. The number of nitrogens with one attached hydrogen (secondary N) is 2. The monoisotopic (exact) mass is 373 g/mol. The van der Waals surface area contributed by atoms with Crippen molar-refractivity contribution < 1.29 is 14.3 Å². The molecule has 0 spiro atoms. The van der Waals surface area contributed by atoms with E-state index in [4.69, 9.17) is 16.3 Å². The lowest BCUT2D eigenvalue weighted by Gasteiger charge is -2.26. The molecule has 0 bridgehead atoms. The Labute approximate surface area is 157 Å². The van der Waals surface area contributed by atoms with Gasteiger partial charge in [0.15, 0.2) is 0 Å². The van der Waals surface area contributed by atoms with Crippen LogP contribution in [0.2, 0.25) is 5.02 Å². The molecule has 2 aromatic rings. The minimum atomic E-state index is -0.737. The first-order valence-electron chi connectivity index (χ1n) is 8.27. The van der Waals surface area contributed by atoms with Crippen molar-refractivity contribution in [3.05, 3.63) is 53.1 Å². The molecule has 0 aromatic heterocycles. The highest BCUT2D eigenvalue weighted by Gasteiger charge is 2.25. The van der Waals surface area contributed by atoms with Gasteiger partial charge in [-0.05, 0) is 18.2 Å². The van der Waals surface area contributed by atoms with Gasteiger partial charge in [0.05, 0.1) is 29.0 Å². The average Bonchev–Trinajstić information content (AvgIpc) is 2.61. The molecule has 0 aliphatic carbocycles. The molecule has 0 radical (unpaired) electrons. The highest BCUT2D eigenvalue weighted by molar-refractivity contribution is 6.40. The van der Waals surface area contributed by atoms with Gasteiger partial charge in [-0.15, -0.1) is 0 Å². The third kappa shape index (κ3) is 3.75. The molecule has 1 atom stereocenters. The number of benzene rings is 2. The van der Waals surface area contributed by atoms with Gasteiger partial charge in [-0.3, -0.25) is 9.59 Å². The first-order valence-corrected chi connectivity index (χ1v) is 8.64. The zero-order valence-corrected chi connectivity index (χ0v) is 15.3. The normalized spacial score (nSPS) is 15.4. The number of hydrogen-bond donors (Lipinski definition) is 2. The molecule has 0 saturated heterocycles. The van der Waals surface area contributed by atoms with Crippen LogP contribution < -0.4 is 20.3 Å². The Hall–Kier alpha value is -2.73. The summed E-state index contributed by atoms with van der Waals surface area (Å²) in [6, 6.07) is 12.4. The van der Waals surface area contributed by atoms with Crippen molar-refractivity contribution in [1.29, 1.82) is 0 Å². The molecular weight excluding hydrogens is 354 g/mol. The van der Waals surface area contributed by atoms with Gasteiger partial charge < -0.3 is 20.3 Å². The van der Waals surface area contributed by atoms with Crippen molar-refractivity contribution in [3.63, 3.8) is 0 Å². The maximum atomic E-state index is 12.4. The average molecular weight is 374 g/mol. The van der Waals surface area contributed by atoms with E-state index < -0.39 is 11.8 Å². The molecule has 0 saturated carbocycles. The number of para-hydroxylation sites is 2. The molecule has 1 unspecified atom stereocenters. The number of hydrogen-bond acceptors (Lipinski definition) is 4. The zero-order valence-electron chi connectivity index (χ0n) is 14.6. The number of carbonyl (C=O) groups is 2. The Morgan fingerprint density at radius 2 is 1.88 bits per heavy atom. The van der Waals surface area contributed by atoms with Gasteiger partial charge in [-0.2, -0.15) is 0 Å². The molecule has 0 fully saturated rings. The van der Waals surface area contributed by atoms with E-state index >= 15 is 0 Å². The molecule has 2 N–H and O–H groups in total. The second-order valence-corrected chi connectivity index (χ2v) is 6.59. The highest BCUT2D eigenvalue weighted by Crippen LogP contribution is 2.33.